The van der Waals surface area contributed by atoms with Crippen LogP contribution in [0.1, 0.15) is 28.0 Å². The summed E-state index contributed by atoms with van der Waals surface area (Å²) >= 11 is 1.52. The van der Waals surface area contributed by atoms with E-state index in [1.54, 1.807) is 22.6 Å². The predicted molar refractivity (Wildman–Crippen MR) is 171 cm³/mol. The number of rotatable bonds is 10. The minimum Gasteiger partial charge on any atom is -0.404 e. The van der Waals surface area contributed by atoms with Crippen LogP contribution in [0.25, 0.3) is 27.6 Å². The molecule has 1 unspecified atom stereocenters. The van der Waals surface area contributed by atoms with E-state index in [-0.39, 0.29) is 5.91 Å². The maximum Gasteiger partial charge on any atom is 0.250 e. The molecular weight excluding hydrogens is 542 g/mol. The van der Waals surface area contributed by atoms with Crippen LogP contribution in [0.4, 0.5) is 5.69 Å². The molecule has 0 aliphatic carbocycles. The molecule has 210 valence electrons. The summed E-state index contributed by atoms with van der Waals surface area (Å²) in [5, 5.41) is 2.65. The molecule has 8 nitrogen and oxygen atoms in total. The van der Waals surface area contributed by atoms with Gasteiger partial charge in [0.25, 0.3) is 5.91 Å². The van der Waals surface area contributed by atoms with E-state index in [9.17, 15) is 13.8 Å². The van der Waals surface area contributed by atoms with Gasteiger partial charge in [-0.2, -0.15) is 0 Å². The van der Waals surface area contributed by atoms with Crippen LogP contribution in [0.3, 0.4) is 0 Å². The molecule has 2 heterocycles. The average Bonchev–Trinajstić information content (AvgIpc) is 3.38. The van der Waals surface area contributed by atoms with Crippen LogP contribution >= 0.6 is 11.8 Å². The Labute approximate surface area is 239 Å². The highest BCUT2D eigenvalue weighted by Crippen LogP contribution is 2.38. The normalized spacial score (nSPS) is 15.6. The van der Waals surface area contributed by atoms with E-state index in [0.29, 0.717) is 42.9 Å². The topological polar surface area (TPSA) is 126 Å². The molecule has 0 saturated carbocycles. The van der Waals surface area contributed by atoms with Gasteiger partial charge in [-0.3, -0.25) is 13.8 Å². The van der Waals surface area contributed by atoms with E-state index in [1.165, 1.54) is 24.0 Å². The number of hydrogen-bond acceptors (Lipinski definition) is 5. The first-order chi connectivity index (χ1) is 19.1. The molecule has 2 aromatic carbocycles. The Morgan fingerprint density at radius 2 is 2.02 bits per heavy atom. The molecule has 1 atom stereocenters. The van der Waals surface area contributed by atoms with Gasteiger partial charge in [-0.15, -0.1) is 11.8 Å². The number of H-pyrrole nitrogens is 1. The minimum absolute atomic E-state index is 0.188. The number of aromatic nitrogens is 1. The monoisotopic (exact) mass is 577 g/mol. The maximum absolute atomic E-state index is 12.8. The van der Waals surface area contributed by atoms with Crippen LogP contribution in [0.5, 0.6) is 0 Å². The smallest absolute Gasteiger partial charge is 0.250 e. The molecule has 0 bridgehead atoms. The summed E-state index contributed by atoms with van der Waals surface area (Å²) in [6.07, 6.45) is 7.19. The van der Waals surface area contributed by atoms with Crippen LogP contribution in [-0.4, -0.2) is 62.8 Å². The fraction of sp³-hybridized carbons (Fsp3) is 0.233. The van der Waals surface area contributed by atoms with Gasteiger partial charge in [-0.05, 0) is 71.2 Å². The second-order valence-electron chi connectivity index (χ2n) is 9.67. The Hall–Kier alpha value is -3.73. The third-order valence-corrected chi connectivity index (χ3v) is 9.25. The van der Waals surface area contributed by atoms with Crippen LogP contribution < -0.4 is 16.4 Å². The van der Waals surface area contributed by atoms with Crippen molar-refractivity contribution in [3.8, 4) is 11.1 Å². The number of nitrogens with two attached hydrogens (primary N) is 2. The van der Waals surface area contributed by atoms with E-state index in [1.807, 2.05) is 41.6 Å². The summed E-state index contributed by atoms with van der Waals surface area (Å²) < 4.78 is 14.3. The number of amides is 2. The molecule has 0 spiro atoms. The van der Waals surface area contributed by atoms with Gasteiger partial charge in [0, 0.05) is 64.3 Å². The quantitative estimate of drug-likeness (QED) is 0.189. The second-order valence-corrected chi connectivity index (χ2v) is 13.1. The maximum atomic E-state index is 12.8. The number of hydrogen-bond donors (Lipinski definition) is 3. The van der Waals surface area contributed by atoms with E-state index >= 15 is 0 Å². The molecule has 1 aromatic heterocycles. The van der Waals surface area contributed by atoms with E-state index in [0.717, 1.165) is 39.0 Å². The Morgan fingerprint density at radius 1 is 1.25 bits per heavy atom. The number of anilines is 1. The fourth-order valence-corrected chi connectivity index (χ4v) is 6.42. The van der Waals surface area contributed by atoms with Crippen LogP contribution in [0, 0.1) is 6.92 Å². The number of primary amides is 1. The molecule has 0 saturated heterocycles. The van der Waals surface area contributed by atoms with Gasteiger partial charge in [0.15, 0.2) is 0 Å². The summed E-state index contributed by atoms with van der Waals surface area (Å²) in [5.41, 5.74) is 17.8. The number of carbonyl (C=O) groups is 2. The third kappa shape index (κ3) is 6.04. The SMILES string of the molecule is C=CC(=O)N(CCS/C=C\N)c1cccc(-c2ccc(C(N)=O)c3[nH]c(C4=CCN(S(=C)(C)=O)CC4)cc23)c1C. The Bertz CT molecular complexity index is 1640. The zero-order valence-electron chi connectivity index (χ0n) is 22.8. The van der Waals surface area contributed by atoms with Gasteiger partial charge < -0.3 is 21.4 Å². The number of fused-ring (bicyclic) bond motifs is 1. The number of thioether (sulfide) groups is 1. The zero-order chi connectivity index (χ0) is 29.0. The molecule has 1 aliphatic heterocycles. The lowest BCUT2D eigenvalue weighted by Crippen LogP contribution is -2.33. The first-order valence-electron chi connectivity index (χ1n) is 12.8. The number of carbonyl (C=O) groups excluding carboxylic acids is 2. The molecule has 0 fully saturated rings. The summed E-state index contributed by atoms with van der Waals surface area (Å²) in [5.74, 6) is 3.76. The summed E-state index contributed by atoms with van der Waals surface area (Å²) in [4.78, 5) is 30.3. The second kappa shape index (κ2) is 12.2. The average molecular weight is 578 g/mol. The van der Waals surface area contributed by atoms with Crippen molar-refractivity contribution in [2.45, 2.75) is 13.3 Å². The van der Waals surface area contributed by atoms with Gasteiger partial charge in [-0.25, -0.2) is 4.31 Å². The van der Waals surface area contributed by atoms with Crippen molar-refractivity contribution in [1.82, 2.24) is 9.29 Å². The van der Waals surface area contributed by atoms with E-state index in [2.05, 4.69) is 23.5 Å². The fourth-order valence-electron chi connectivity index (χ4n) is 5.01. The highest BCUT2D eigenvalue weighted by atomic mass is 32.2. The van der Waals surface area contributed by atoms with Crippen molar-refractivity contribution in [1.29, 1.82) is 0 Å². The number of nitrogens with zero attached hydrogens (tertiary/aromatic N) is 2. The van der Waals surface area contributed by atoms with Crippen molar-refractivity contribution in [3.05, 3.63) is 83.6 Å². The Morgan fingerprint density at radius 3 is 2.65 bits per heavy atom. The van der Waals surface area contributed by atoms with Crippen LogP contribution in [0.2, 0.25) is 0 Å². The van der Waals surface area contributed by atoms with E-state index < -0.39 is 15.6 Å². The molecule has 4 rings (SSSR count). The minimum atomic E-state index is -2.28. The summed E-state index contributed by atoms with van der Waals surface area (Å²) in [7, 11) is -2.28. The van der Waals surface area contributed by atoms with Gasteiger partial charge in [-0.1, -0.05) is 30.9 Å². The molecule has 10 heteroatoms. The van der Waals surface area contributed by atoms with Crippen molar-refractivity contribution in [2.24, 2.45) is 11.5 Å². The van der Waals surface area contributed by atoms with Crippen LogP contribution in [-0.2, 0) is 14.5 Å². The standard InChI is InChI=1S/C30H35N5O3S2/c1-5-28(36)35(16-18-39-17-13-31)27-8-6-7-22(20(27)2)23-9-10-24(30(32)37)29-25(23)19-26(33-29)21-11-14-34(15-12-21)40(3,4)38/h5-11,13,17,19,33H,1,3,12,14-16,18,31H2,2,4H3,(H2,32,37)/b17-13-. The summed E-state index contributed by atoms with van der Waals surface area (Å²) in [6.45, 7) is 7.32. The lowest BCUT2D eigenvalue weighted by Gasteiger charge is -2.26. The molecule has 3 aromatic rings. The Kier molecular flexibility index (Phi) is 8.92. The van der Waals surface area contributed by atoms with Gasteiger partial charge in [0.1, 0.15) is 0 Å². The lowest BCUT2D eigenvalue weighted by molar-refractivity contribution is -0.114. The first kappa shape index (κ1) is 29.3. The summed E-state index contributed by atoms with van der Waals surface area (Å²) in [6, 6.07) is 11.5. The van der Waals surface area contributed by atoms with Crippen molar-refractivity contribution in [2.75, 3.05) is 36.5 Å². The molecule has 5 N–H and O–H groups in total. The van der Waals surface area contributed by atoms with Gasteiger partial charge in [0.2, 0.25) is 5.91 Å². The van der Waals surface area contributed by atoms with Crippen molar-refractivity contribution < 1.29 is 13.8 Å². The van der Waals surface area contributed by atoms with E-state index in [4.69, 9.17) is 11.5 Å². The number of aromatic amines is 1. The molecule has 0 radical (unpaired) electrons. The van der Waals surface area contributed by atoms with Crippen molar-refractivity contribution in [3.63, 3.8) is 0 Å². The number of benzene rings is 2. The van der Waals surface area contributed by atoms with Crippen molar-refractivity contribution >= 4 is 61.3 Å². The highest BCUT2D eigenvalue weighted by Gasteiger charge is 2.22. The van der Waals surface area contributed by atoms with Gasteiger partial charge >= 0.3 is 0 Å². The molecule has 40 heavy (non-hydrogen) atoms. The first-order valence-corrected chi connectivity index (χ1v) is 16.0. The number of nitrogens with one attached hydrogen (secondary N) is 1. The predicted octanol–water partition coefficient (Wildman–Crippen LogP) is 4.27. The third-order valence-electron chi connectivity index (χ3n) is 7.06. The molecule has 1 aliphatic rings. The largest absolute Gasteiger partial charge is 0.404 e. The zero-order valence-corrected chi connectivity index (χ0v) is 24.4. The molecule has 2 amide bonds. The Balaban J connectivity index is 1.81. The highest BCUT2D eigenvalue weighted by molar-refractivity contribution is 8.02. The van der Waals surface area contributed by atoms with Gasteiger partial charge in [0.05, 0.1) is 11.1 Å². The molecular formula is C30H35N5O3S2. The van der Waals surface area contributed by atoms with Crippen LogP contribution in [0.15, 0.2) is 66.7 Å². The lowest BCUT2D eigenvalue weighted by atomic mass is 9.94.